The Morgan fingerprint density at radius 1 is 0.906 bits per heavy atom. The Labute approximate surface area is 179 Å². The number of fused-ring (bicyclic) bond motifs is 1. The molecule has 11 nitrogen and oxygen atoms in total. The van der Waals surface area contributed by atoms with Crippen LogP contribution in [0.15, 0.2) is 45.6 Å². The van der Waals surface area contributed by atoms with Gasteiger partial charge in [-0.3, -0.25) is 4.79 Å². The Balaban J connectivity index is 1.89. The van der Waals surface area contributed by atoms with Gasteiger partial charge < -0.3 is 49.6 Å². The third-order valence-corrected chi connectivity index (χ3v) is 5.13. The van der Waals surface area contributed by atoms with Crippen molar-refractivity contribution in [1.82, 2.24) is 0 Å². The van der Waals surface area contributed by atoms with E-state index < -0.39 is 54.2 Å². The maximum atomic E-state index is 13.2. The number of phenols is 3. The summed E-state index contributed by atoms with van der Waals surface area (Å²) in [5, 5.41) is 68.8. The average Bonchev–Trinajstić information content (AvgIpc) is 2.75. The molecule has 2 aromatic carbocycles. The van der Waals surface area contributed by atoms with Gasteiger partial charge in [0, 0.05) is 17.7 Å². The number of ether oxygens (including phenoxy) is 2. The first-order valence-corrected chi connectivity index (χ1v) is 9.50. The van der Waals surface area contributed by atoms with E-state index in [2.05, 4.69) is 0 Å². The van der Waals surface area contributed by atoms with Crippen molar-refractivity contribution in [3.05, 3.63) is 46.6 Å². The SMILES string of the molecule is O=c1c(O[C@@H]2O[C@H](CO)[C@H](O)[C@@H](O)[C@H]2O)c(-c2ccc(O)cc2)oc2cc(O)cc(O)c12. The lowest BCUT2D eigenvalue weighted by molar-refractivity contribution is -0.277. The fourth-order valence-corrected chi connectivity index (χ4v) is 3.46. The summed E-state index contributed by atoms with van der Waals surface area (Å²) < 4.78 is 16.6. The maximum absolute atomic E-state index is 13.2. The van der Waals surface area contributed by atoms with Gasteiger partial charge in [0.2, 0.25) is 17.5 Å². The van der Waals surface area contributed by atoms with Crippen LogP contribution in [0.3, 0.4) is 0 Å². The van der Waals surface area contributed by atoms with Crippen molar-refractivity contribution < 1.29 is 49.6 Å². The maximum Gasteiger partial charge on any atom is 0.239 e. The molecule has 5 atom stereocenters. The molecule has 1 saturated heterocycles. The summed E-state index contributed by atoms with van der Waals surface area (Å²) >= 11 is 0. The lowest BCUT2D eigenvalue weighted by Crippen LogP contribution is -2.60. The molecule has 1 aliphatic rings. The predicted molar refractivity (Wildman–Crippen MR) is 107 cm³/mol. The van der Waals surface area contributed by atoms with Crippen LogP contribution in [0.5, 0.6) is 23.0 Å². The number of hydrogen-bond donors (Lipinski definition) is 7. The zero-order valence-electron chi connectivity index (χ0n) is 16.3. The molecule has 3 aromatic rings. The predicted octanol–water partition coefficient (Wildman–Crippen LogP) is -0.244. The Morgan fingerprint density at radius 2 is 1.59 bits per heavy atom. The van der Waals surface area contributed by atoms with Gasteiger partial charge in [-0.05, 0) is 24.3 Å². The Hall–Kier alpha value is -3.35. The molecule has 32 heavy (non-hydrogen) atoms. The molecule has 1 fully saturated rings. The van der Waals surface area contributed by atoms with Crippen LogP contribution in [-0.2, 0) is 4.74 Å². The van der Waals surface area contributed by atoms with Gasteiger partial charge >= 0.3 is 0 Å². The lowest BCUT2D eigenvalue weighted by Gasteiger charge is -2.39. The number of phenolic OH excluding ortho intramolecular Hbond substituents is 3. The molecule has 11 heteroatoms. The van der Waals surface area contributed by atoms with Crippen molar-refractivity contribution in [2.45, 2.75) is 30.7 Å². The van der Waals surface area contributed by atoms with Gasteiger partial charge in [0.25, 0.3) is 0 Å². The van der Waals surface area contributed by atoms with Crippen LogP contribution in [0.4, 0.5) is 0 Å². The smallest absolute Gasteiger partial charge is 0.239 e. The van der Waals surface area contributed by atoms with E-state index in [1.54, 1.807) is 0 Å². The highest BCUT2D eigenvalue weighted by Crippen LogP contribution is 2.37. The summed E-state index contributed by atoms with van der Waals surface area (Å²) in [5.74, 6) is -1.73. The highest BCUT2D eigenvalue weighted by molar-refractivity contribution is 5.88. The van der Waals surface area contributed by atoms with Crippen molar-refractivity contribution in [2.24, 2.45) is 0 Å². The van der Waals surface area contributed by atoms with Gasteiger partial charge in [-0.2, -0.15) is 0 Å². The highest BCUT2D eigenvalue weighted by Gasteiger charge is 2.45. The number of aliphatic hydroxyl groups is 4. The molecule has 170 valence electrons. The van der Waals surface area contributed by atoms with Crippen LogP contribution >= 0.6 is 0 Å². The van der Waals surface area contributed by atoms with Crippen LogP contribution in [0.2, 0.25) is 0 Å². The van der Waals surface area contributed by atoms with Crippen molar-refractivity contribution in [2.75, 3.05) is 6.61 Å². The second-order valence-electron chi connectivity index (χ2n) is 7.29. The number of aliphatic hydroxyl groups excluding tert-OH is 4. The molecule has 0 unspecified atom stereocenters. The first-order chi connectivity index (χ1) is 15.2. The molecule has 7 N–H and O–H groups in total. The monoisotopic (exact) mass is 448 g/mol. The molecule has 0 amide bonds. The van der Waals surface area contributed by atoms with E-state index in [-0.39, 0.29) is 33.8 Å². The van der Waals surface area contributed by atoms with Gasteiger partial charge in [0.1, 0.15) is 52.6 Å². The van der Waals surface area contributed by atoms with E-state index in [4.69, 9.17) is 13.9 Å². The van der Waals surface area contributed by atoms with Crippen molar-refractivity contribution >= 4 is 11.0 Å². The van der Waals surface area contributed by atoms with Gasteiger partial charge in [0.05, 0.1) is 6.61 Å². The second-order valence-corrected chi connectivity index (χ2v) is 7.29. The zero-order chi connectivity index (χ0) is 23.2. The summed E-state index contributed by atoms with van der Waals surface area (Å²) in [4.78, 5) is 13.2. The molecule has 0 radical (unpaired) electrons. The zero-order valence-corrected chi connectivity index (χ0v) is 16.3. The molecule has 0 saturated carbocycles. The van der Waals surface area contributed by atoms with Crippen molar-refractivity contribution in [3.63, 3.8) is 0 Å². The molecule has 1 aromatic heterocycles. The lowest BCUT2D eigenvalue weighted by atomic mass is 9.99. The van der Waals surface area contributed by atoms with E-state index >= 15 is 0 Å². The van der Waals surface area contributed by atoms with E-state index in [1.165, 1.54) is 24.3 Å². The van der Waals surface area contributed by atoms with Gasteiger partial charge in [-0.15, -0.1) is 0 Å². The normalized spacial score (nSPS) is 25.7. The molecule has 0 spiro atoms. The number of aromatic hydroxyl groups is 3. The first kappa shape index (κ1) is 21.9. The van der Waals surface area contributed by atoms with Crippen LogP contribution < -0.4 is 10.2 Å². The van der Waals surface area contributed by atoms with E-state index in [1.807, 2.05) is 0 Å². The molecular weight excluding hydrogens is 428 g/mol. The molecule has 1 aliphatic heterocycles. The molecule has 4 rings (SSSR count). The largest absolute Gasteiger partial charge is 0.508 e. The van der Waals surface area contributed by atoms with E-state index in [9.17, 15) is 40.5 Å². The molecule has 2 heterocycles. The van der Waals surface area contributed by atoms with E-state index in [0.717, 1.165) is 12.1 Å². The van der Waals surface area contributed by atoms with Crippen LogP contribution in [-0.4, -0.2) is 73.1 Å². The Bertz CT molecular complexity index is 1190. The summed E-state index contributed by atoms with van der Waals surface area (Å²) in [7, 11) is 0. The Kier molecular flexibility index (Phi) is 5.67. The standard InChI is InChI=1S/C21H20O11/c22-7-13-15(26)17(28)18(29)21(31-13)32-20-16(27)14-11(25)5-10(24)6-12(14)30-19(20)8-1-3-9(23)4-2-8/h1-6,13,15,17-18,21-26,28-29H,7H2/t13-,15+,17-,18-,21+/m1/s1. The van der Waals surface area contributed by atoms with Crippen molar-refractivity contribution in [1.29, 1.82) is 0 Å². The third-order valence-electron chi connectivity index (χ3n) is 5.13. The van der Waals surface area contributed by atoms with Crippen LogP contribution in [0.25, 0.3) is 22.3 Å². The van der Waals surface area contributed by atoms with Gasteiger partial charge in [-0.25, -0.2) is 0 Å². The van der Waals surface area contributed by atoms with Gasteiger partial charge in [-0.1, -0.05) is 0 Å². The van der Waals surface area contributed by atoms with Crippen LogP contribution in [0.1, 0.15) is 0 Å². The summed E-state index contributed by atoms with van der Waals surface area (Å²) in [5.41, 5.74) is -0.801. The summed E-state index contributed by atoms with van der Waals surface area (Å²) in [6.07, 6.45) is -8.16. The second kappa shape index (κ2) is 8.30. The molecule has 0 bridgehead atoms. The van der Waals surface area contributed by atoms with E-state index in [0.29, 0.717) is 0 Å². The van der Waals surface area contributed by atoms with Crippen molar-refractivity contribution in [3.8, 4) is 34.3 Å². The summed E-state index contributed by atoms with van der Waals surface area (Å²) in [6.45, 7) is -0.706. The number of hydrogen-bond acceptors (Lipinski definition) is 11. The minimum atomic E-state index is -1.80. The van der Waals surface area contributed by atoms with Crippen LogP contribution in [0, 0.1) is 0 Å². The quantitative estimate of drug-likeness (QED) is 0.279. The minimum Gasteiger partial charge on any atom is -0.508 e. The fourth-order valence-electron chi connectivity index (χ4n) is 3.46. The molecule has 0 aliphatic carbocycles. The minimum absolute atomic E-state index is 0.0661. The highest BCUT2D eigenvalue weighted by atomic mass is 16.7. The third kappa shape index (κ3) is 3.72. The topological polar surface area (TPSA) is 190 Å². The molecular formula is C21H20O11. The first-order valence-electron chi connectivity index (χ1n) is 9.50. The number of rotatable bonds is 4. The fraction of sp³-hybridized carbons (Fsp3) is 0.286. The van der Waals surface area contributed by atoms with Gasteiger partial charge in [0.15, 0.2) is 5.76 Å². The number of benzene rings is 2. The average molecular weight is 448 g/mol. The Morgan fingerprint density at radius 3 is 2.25 bits per heavy atom. The summed E-state index contributed by atoms with van der Waals surface area (Å²) in [6, 6.07) is 7.48.